The average molecular weight is 338 g/mol. The molecular weight excluding hydrogens is 312 g/mol. The van der Waals surface area contributed by atoms with Gasteiger partial charge in [0.25, 0.3) is 0 Å². The molecule has 5 nitrogen and oxygen atoms in total. The first-order valence-corrected chi connectivity index (χ1v) is 9.29. The van der Waals surface area contributed by atoms with Crippen molar-refractivity contribution in [2.24, 2.45) is 5.92 Å². The summed E-state index contributed by atoms with van der Waals surface area (Å²) < 4.78 is 1.75. The molecular formula is C20H26N4O. The summed E-state index contributed by atoms with van der Waals surface area (Å²) in [5.41, 5.74) is 2.43. The molecule has 0 radical (unpaired) electrons. The van der Waals surface area contributed by atoms with Crippen molar-refractivity contribution >= 4 is 6.03 Å². The number of imidazole rings is 1. The van der Waals surface area contributed by atoms with Crippen LogP contribution in [0.3, 0.4) is 0 Å². The van der Waals surface area contributed by atoms with E-state index in [1.54, 1.807) is 4.57 Å². The van der Waals surface area contributed by atoms with Crippen molar-refractivity contribution in [3.63, 3.8) is 0 Å². The highest BCUT2D eigenvalue weighted by molar-refractivity contribution is 5.80. The van der Waals surface area contributed by atoms with E-state index >= 15 is 0 Å². The maximum Gasteiger partial charge on any atom is 0.330 e. The zero-order valence-corrected chi connectivity index (χ0v) is 14.9. The largest absolute Gasteiger partial charge is 0.330 e. The molecule has 0 atom stereocenters. The standard InChI is InChI=1S/C20H26N4O/c1-16-21-13-19-15-23(20(25)24(16)19)12-9-17-7-10-22(11-8-17)14-18-5-3-2-4-6-18/h2-6,13,17H,7-12,14-15H2,1H3. The summed E-state index contributed by atoms with van der Waals surface area (Å²) in [7, 11) is 0. The van der Waals surface area contributed by atoms with E-state index in [1.165, 1.54) is 18.4 Å². The molecule has 2 aromatic rings. The first kappa shape index (κ1) is 16.3. The summed E-state index contributed by atoms with van der Waals surface area (Å²) in [5, 5.41) is 0. The summed E-state index contributed by atoms with van der Waals surface area (Å²) in [6.45, 7) is 6.86. The Bertz CT molecular complexity index is 731. The third-order valence-electron chi connectivity index (χ3n) is 5.59. The molecule has 2 aliphatic rings. The van der Waals surface area contributed by atoms with Gasteiger partial charge in [-0.15, -0.1) is 0 Å². The summed E-state index contributed by atoms with van der Waals surface area (Å²) in [6.07, 6.45) is 5.42. The van der Waals surface area contributed by atoms with Crippen LogP contribution in [0.4, 0.5) is 4.79 Å². The lowest BCUT2D eigenvalue weighted by Crippen LogP contribution is -2.35. The fourth-order valence-electron chi connectivity index (χ4n) is 4.06. The fraction of sp³-hybridized carbons (Fsp3) is 0.500. The van der Waals surface area contributed by atoms with Crippen LogP contribution in [0.2, 0.25) is 0 Å². The predicted molar refractivity (Wildman–Crippen MR) is 97.2 cm³/mol. The van der Waals surface area contributed by atoms with Gasteiger partial charge in [0, 0.05) is 13.1 Å². The Balaban J connectivity index is 1.23. The van der Waals surface area contributed by atoms with E-state index < -0.39 is 0 Å². The second kappa shape index (κ2) is 7.00. The highest BCUT2D eigenvalue weighted by Gasteiger charge is 2.29. The molecule has 0 bridgehead atoms. The molecule has 3 heterocycles. The minimum atomic E-state index is 0.103. The minimum Gasteiger partial charge on any atom is -0.318 e. The van der Waals surface area contributed by atoms with Gasteiger partial charge in [0.15, 0.2) is 0 Å². The quantitative estimate of drug-likeness (QED) is 0.840. The van der Waals surface area contributed by atoms with E-state index in [9.17, 15) is 4.79 Å². The first-order chi connectivity index (χ1) is 12.2. The predicted octanol–water partition coefficient (Wildman–Crippen LogP) is 3.28. The van der Waals surface area contributed by atoms with Gasteiger partial charge in [-0.05, 0) is 50.8 Å². The lowest BCUT2D eigenvalue weighted by Gasteiger charge is -2.32. The first-order valence-electron chi connectivity index (χ1n) is 9.29. The highest BCUT2D eigenvalue weighted by atomic mass is 16.2. The van der Waals surface area contributed by atoms with E-state index in [0.29, 0.717) is 6.54 Å². The molecule has 0 aliphatic carbocycles. The molecule has 0 spiro atoms. The van der Waals surface area contributed by atoms with Crippen molar-refractivity contribution in [3.8, 4) is 0 Å². The maximum absolute atomic E-state index is 12.4. The van der Waals surface area contributed by atoms with Crippen molar-refractivity contribution < 1.29 is 4.79 Å². The minimum absolute atomic E-state index is 0.103. The van der Waals surface area contributed by atoms with Crippen LogP contribution in [0.15, 0.2) is 36.5 Å². The number of nitrogens with zero attached hydrogens (tertiary/aromatic N) is 4. The van der Waals surface area contributed by atoms with Gasteiger partial charge >= 0.3 is 6.03 Å². The van der Waals surface area contributed by atoms with Gasteiger partial charge in [0.05, 0.1) is 18.4 Å². The van der Waals surface area contributed by atoms with Gasteiger partial charge in [0.2, 0.25) is 0 Å². The Morgan fingerprint density at radius 2 is 1.92 bits per heavy atom. The molecule has 1 fully saturated rings. The number of aryl methyl sites for hydroxylation is 1. The molecule has 0 N–H and O–H groups in total. The summed E-state index contributed by atoms with van der Waals surface area (Å²) >= 11 is 0. The summed E-state index contributed by atoms with van der Waals surface area (Å²) in [5.74, 6) is 1.54. The number of benzene rings is 1. The number of carbonyl (C=O) groups excluding carboxylic acids is 1. The number of carbonyl (C=O) groups is 1. The Kier molecular flexibility index (Phi) is 4.57. The van der Waals surface area contributed by atoms with Crippen molar-refractivity contribution in [1.29, 1.82) is 0 Å². The van der Waals surface area contributed by atoms with Crippen molar-refractivity contribution in [2.75, 3.05) is 19.6 Å². The third-order valence-corrected chi connectivity index (χ3v) is 5.59. The Hall–Kier alpha value is -2.14. The smallest absolute Gasteiger partial charge is 0.318 e. The highest BCUT2D eigenvalue weighted by Crippen LogP contribution is 2.24. The average Bonchev–Trinajstić information content (AvgIpc) is 3.15. The number of piperidine rings is 1. The maximum atomic E-state index is 12.4. The molecule has 0 saturated carbocycles. The second-order valence-corrected chi connectivity index (χ2v) is 7.33. The SMILES string of the molecule is Cc1ncc2n1C(=O)N(CCC1CCN(Cc3ccccc3)CC1)C2. The van der Waals surface area contributed by atoms with E-state index in [-0.39, 0.29) is 6.03 Å². The van der Waals surface area contributed by atoms with E-state index in [4.69, 9.17) is 0 Å². The molecule has 25 heavy (non-hydrogen) atoms. The molecule has 5 heteroatoms. The van der Waals surface area contributed by atoms with Crippen LogP contribution < -0.4 is 0 Å². The third kappa shape index (κ3) is 3.47. The lowest BCUT2D eigenvalue weighted by atomic mass is 9.93. The van der Waals surface area contributed by atoms with Crippen LogP contribution in [0.1, 0.15) is 36.3 Å². The van der Waals surface area contributed by atoms with Gasteiger partial charge in [-0.25, -0.2) is 9.78 Å². The Labute approximate surface area is 149 Å². The van der Waals surface area contributed by atoms with E-state index in [2.05, 4.69) is 40.2 Å². The van der Waals surface area contributed by atoms with Crippen LogP contribution >= 0.6 is 0 Å². The molecule has 1 saturated heterocycles. The molecule has 4 rings (SSSR count). The lowest BCUT2D eigenvalue weighted by molar-refractivity contribution is 0.160. The van der Waals surface area contributed by atoms with Crippen LogP contribution in [-0.2, 0) is 13.1 Å². The van der Waals surface area contributed by atoms with E-state index in [0.717, 1.165) is 50.0 Å². The Morgan fingerprint density at radius 1 is 1.16 bits per heavy atom. The molecule has 0 unspecified atom stereocenters. The monoisotopic (exact) mass is 338 g/mol. The summed E-state index contributed by atoms with van der Waals surface area (Å²) in [6, 6.07) is 10.8. The summed E-state index contributed by atoms with van der Waals surface area (Å²) in [4.78, 5) is 21.2. The van der Waals surface area contributed by atoms with Crippen molar-refractivity contribution in [2.45, 2.75) is 39.3 Å². The number of hydrogen-bond donors (Lipinski definition) is 0. The molecule has 132 valence electrons. The zero-order chi connectivity index (χ0) is 17.2. The van der Waals surface area contributed by atoms with E-state index in [1.807, 2.05) is 18.0 Å². The van der Waals surface area contributed by atoms with Gasteiger partial charge in [0.1, 0.15) is 5.82 Å². The van der Waals surface area contributed by atoms with Crippen LogP contribution in [0.25, 0.3) is 0 Å². The van der Waals surface area contributed by atoms with Crippen LogP contribution in [0, 0.1) is 12.8 Å². The topological polar surface area (TPSA) is 41.4 Å². The van der Waals surface area contributed by atoms with Crippen molar-refractivity contribution in [3.05, 3.63) is 53.6 Å². The van der Waals surface area contributed by atoms with Gasteiger partial charge in [-0.1, -0.05) is 30.3 Å². The molecule has 1 aromatic carbocycles. The van der Waals surface area contributed by atoms with Gasteiger partial charge in [-0.2, -0.15) is 0 Å². The number of fused-ring (bicyclic) bond motifs is 1. The number of amides is 1. The number of rotatable bonds is 5. The van der Waals surface area contributed by atoms with Gasteiger partial charge < -0.3 is 4.90 Å². The van der Waals surface area contributed by atoms with Gasteiger partial charge in [-0.3, -0.25) is 9.47 Å². The van der Waals surface area contributed by atoms with Crippen LogP contribution in [-0.4, -0.2) is 45.0 Å². The van der Waals surface area contributed by atoms with Crippen molar-refractivity contribution in [1.82, 2.24) is 19.4 Å². The normalized spacial score (nSPS) is 18.8. The number of aromatic nitrogens is 2. The fourth-order valence-corrected chi connectivity index (χ4v) is 4.06. The molecule has 1 aromatic heterocycles. The number of hydrogen-bond acceptors (Lipinski definition) is 3. The molecule has 2 aliphatic heterocycles. The Morgan fingerprint density at radius 3 is 2.64 bits per heavy atom. The zero-order valence-electron chi connectivity index (χ0n) is 14.9. The molecule has 1 amide bonds. The number of likely N-dealkylation sites (tertiary alicyclic amines) is 1. The second-order valence-electron chi connectivity index (χ2n) is 7.33. The van der Waals surface area contributed by atoms with Crippen LogP contribution in [0.5, 0.6) is 0 Å².